The standard InChI is InChI=1S/C38H45N3O5/c1-3-27-7-9-28(10-8-27)17-18-39-38(46)32-13-11-29(12-14-32)23-41-37(45)21-31-6-4-5-30(20-31)19-26(2)40-24-36(44)33-15-16-35(43)34(22-33)25-42/h4-16,20,22,26,36,40,42-44H,3,17-19,21,23-25H2,1-2H3,(H,39,46)(H,41,45)/t26-,36+/m1/s1. The number of aliphatic hydroxyl groups excluding tert-OH is 2. The van der Waals surface area contributed by atoms with Gasteiger partial charge in [0.15, 0.2) is 0 Å². The zero-order chi connectivity index (χ0) is 32.9. The molecule has 6 N–H and O–H groups in total. The van der Waals surface area contributed by atoms with Crippen molar-refractivity contribution in [2.45, 2.75) is 64.8 Å². The van der Waals surface area contributed by atoms with Crippen molar-refractivity contribution in [2.75, 3.05) is 13.1 Å². The highest BCUT2D eigenvalue weighted by atomic mass is 16.3. The van der Waals surface area contributed by atoms with Crippen LogP contribution in [0.25, 0.3) is 0 Å². The molecule has 0 fully saturated rings. The number of hydrogen-bond acceptors (Lipinski definition) is 6. The molecular formula is C38H45N3O5. The number of aromatic hydroxyl groups is 1. The van der Waals surface area contributed by atoms with E-state index in [0.717, 1.165) is 29.5 Å². The fourth-order valence-corrected chi connectivity index (χ4v) is 5.25. The number of rotatable bonds is 16. The first-order valence-corrected chi connectivity index (χ1v) is 15.9. The van der Waals surface area contributed by atoms with Crippen LogP contribution >= 0.6 is 0 Å². The third kappa shape index (κ3) is 10.5. The summed E-state index contributed by atoms with van der Waals surface area (Å²) in [7, 11) is 0. The molecule has 4 aromatic carbocycles. The first-order chi connectivity index (χ1) is 22.2. The Morgan fingerprint density at radius 3 is 2.22 bits per heavy atom. The Morgan fingerprint density at radius 1 is 0.804 bits per heavy atom. The number of carbonyl (C=O) groups is 2. The monoisotopic (exact) mass is 623 g/mol. The van der Waals surface area contributed by atoms with Crippen LogP contribution in [0.2, 0.25) is 0 Å². The molecule has 0 spiro atoms. The van der Waals surface area contributed by atoms with Crippen molar-refractivity contribution in [3.63, 3.8) is 0 Å². The summed E-state index contributed by atoms with van der Waals surface area (Å²) < 4.78 is 0. The molecule has 0 saturated carbocycles. The average molecular weight is 624 g/mol. The minimum atomic E-state index is -0.782. The molecule has 0 aliphatic rings. The molecule has 4 rings (SSSR count). The topological polar surface area (TPSA) is 131 Å². The van der Waals surface area contributed by atoms with E-state index in [9.17, 15) is 24.9 Å². The highest BCUT2D eigenvalue weighted by molar-refractivity contribution is 5.94. The van der Waals surface area contributed by atoms with Crippen LogP contribution in [0.3, 0.4) is 0 Å². The van der Waals surface area contributed by atoms with E-state index in [1.165, 1.54) is 17.2 Å². The Balaban J connectivity index is 1.17. The minimum absolute atomic E-state index is 0.00367. The Labute approximate surface area is 271 Å². The van der Waals surface area contributed by atoms with Crippen LogP contribution in [-0.4, -0.2) is 46.3 Å². The van der Waals surface area contributed by atoms with E-state index in [2.05, 4.69) is 47.1 Å². The number of carbonyl (C=O) groups excluding carboxylic acids is 2. The number of phenols is 1. The van der Waals surface area contributed by atoms with Crippen molar-refractivity contribution in [1.82, 2.24) is 16.0 Å². The predicted molar refractivity (Wildman–Crippen MR) is 180 cm³/mol. The van der Waals surface area contributed by atoms with Gasteiger partial charge < -0.3 is 31.3 Å². The van der Waals surface area contributed by atoms with Gasteiger partial charge in [-0.3, -0.25) is 9.59 Å². The SMILES string of the molecule is CCc1ccc(CCNC(=O)c2ccc(CNC(=O)Cc3cccc(C[C@@H](C)NC[C@H](O)c4ccc(O)c(CO)c4)c3)cc2)cc1. The maximum absolute atomic E-state index is 12.7. The summed E-state index contributed by atoms with van der Waals surface area (Å²) in [6.07, 6.45) is 1.97. The molecule has 2 amide bonds. The number of amides is 2. The van der Waals surface area contributed by atoms with E-state index in [0.29, 0.717) is 42.7 Å². The smallest absolute Gasteiger partial charge is 0.251 e. The van der Waals surface area contributed by atoms with Crippen LogP contribution in [0.1, 0.15) is 69.3 Å². The van der Waals surface area contributed by atoms with E-state index >= 15 is 0 Å². The molecule has 242 valence electrons. The molecule has 0 unspecified atom stereocenters. The summed E-state index contributed by atoms with van der Waals surface area (Å²) >= 11 is 0. The van der Waals surface area contributed by atoms with E-state index in [-0.39, 0.29) is 36.6 Å². The molecule has 0 aliphatic heterocycles. The second-order valence-corrected chi connectivity index (χ2v) is 11.7. The van der Waals surface area contributed by atoms with E-state index in [4.69, 9.17) is 0 Å². The highest BCUT2D eigenvalue weighted by Crippen LogP contribution is 2.22. The molecule has 0 heterocycles. The summed E-state index contributed by atoms with van der Waals surface area (Å²) in [5, 5.41) is 38.9. The molecule has 0 aliphatic carbocycles. The first-order valence-electron chi connectivity index (χ1n) is 15.9. The quantitative estimate of drug-likeness (QED) is 0.109. The van der Waals surface area contributed by atoms with Crippen LogP contribution in [0, 0.1) is 0 Å². The summed E-state index contributed by atoms with van der Waals surface area (Å²) in [5.41, 5.74) is 6.99. The van der Waals surface area contributed by atoms with Crippen LogP contribution < -0.4 is 16.0 Å². The molecule has 0 radical (unpaired) electrons. The molecule has 46 heavy (non-hydrogen) atoms. The number of nitrogens with one attached hydrogen (secondary N) is 3. The van der Waals surface area contributed by atoms with Gasteiger partial charge in [0.2, 0.25) is 5.91 Å². The summed E-state index contributed by atoms with van der Waals surface area (Å²) in [4.78, 5) is 25.3. The van der Waals surface area contributed by atoms with Crippen molar-refractivity contribution < 1.29 is 24.9 Å². The molecule has 0 bridgehead atoms. The fourth-order valence-electron chi connectivity index (χ4n) is 5.25. The molecule has 0 saturated heterocycles. The lowest BCUT2D eigenvalue weighted by Gasteiger charge is -2.18. The molecular weight excluding hydrogens is 578 g/mol. The van der Waals surface area contributed by atoms with E-state index in [1.807, 2.05) is 43.3 Å². The van der Waals surface area contributed by atoms with E-state index < -0.39 is 6.10 Å². The first kappa shape index (κ1) is 34.4. The van der Waals surface area contributed by atoms with Crippen LogP contribution in [0.4, 0.5) is 0 Å². The van der Waals surface area contributed by atoms with Crippen molar-refractivity contribution in [3.8, 4) is 5.75 Å². The Morgan fingerprint density at radius 2 is 1.50 bits per heavy atom. The lowest BCUT2D eigenvalue weighted by atomic mass is 10.0. The van der Waals surface area contributed by atoms with Gasteiger partial charge in [0.25, 0.3) is 5.91 Å². The summed E-state index contributed by atoms with van der Waals surface area (Å²) in [6.45, 7) is 5.12. The molecule has 4 aromatic rings. The van der Waals surface area contributed by atoms with Gasteiger partial charge >= 0.3 is 0 Å². The normalized spacial score (nSPS) is 12.3. The maximum Gasteiger partial charge on any atom is 0.251 e. The largest absolute Gasteiger partial charge is 0.508 e. The molecule has 0 aromatic heterocycles. The Hall–Kier alpha value is -4.50. The summed E-state index contributed by atoms with van der Waals surface area (Å²) in [5.74, 6) is -0.198. The average Bonchev–Trinajstić information content (AvgIpc) is 3.07. The number of hydrogen-bond donors (Lipinski definition) is 6. The van der Waals surface area contributed by atoms with Gasteiger partial charge in [0.05, 0.1) is 19.1 Å². The Bertz CT molecular complexity index is 1570. The second-order valence-electron chi connectivity index (χ2n) is 11.7. The van der Waals surface area contributed by atoms with Gasteiger partial charge in [0, 0.05) is 36.8 Å². The van der Waals surface area contributed by atoms with Crippen molar-refractivity contribution in [2.24, 2.45) is 0 Å². The van der Waals surface area contributed by atoms with Gasteiger partial charge in [-0.25, -0.2) is 0 Å². The fraction of sp³-hybridized carbons (Fsp3) is 0.316. The van der Waals surface area contributed by atoms with Gasteiger partial charge in [-0.05, 0) is 83.8 Å². The number of benzene rings is 4. The van der Waals surface area contributed by atoms with Crippen molar-refractivity contribution >= 4 is 11.8 Å². The van der Waals surface area contributed by atoms with Crippen LogP contribution in [0.5, 0.6) is 5.75 Å². The molecule has 2 atom stereocenters. The third-order valence-corrected chi connectivity index (χ3v) is 8.05. The third-order valence-electron chi connectivity index (χ3n) is 8.05. The number of aliphatic hydroxyl groups is 2. The number of aryl methyl sites for hydroxylation is 1. The van der Waals surface area contributed by atoms with E-state index in [1.54, 1.807) is 24.3 Å². The van der Waals surface area contributed by atoms with Gasteiger partial charge in [-0.2, -0.15) is 0 Å². The van der Waals surface area contributed by atoms with Crippen molar-refractivity contribution in [1.29, 1.82) is 0 Å². The minimum Gasteiger partial charge on any atom is -0.508 e. The maximum atomic E-state index is 12.7. The van der Waals surface area contributed by atoms with Gasteiger partial charge in [-0.15, -0.1) is 0 Å². The lowest BCUT2D eigenvalue weighted by Crippen LogP contribution is -2.32. The van der Waals surface area contributed by atoms with Crippen LogP contribution in [0.15, 0.2) is 91.0 Å². The summed E-state index contributed by atoms with van der Waals surface area (Å²) in [6, 6.07) is 28.4. The zero-order valence-corrected chi connectivity index (χ0v) is 26.6. The lowest BCUT2D eigenvalue weighted by molar-refractivity contribution is -0.120. The van der Waals surface area contributed by atoms with Crippen LogP contribution in [-0.2, 0) is 43.6 Å². The highest BCUT2D eigenvalue weighted by Gasteiger charge is 2.13. The Kier molecular flexibility index (Phi) is 12.9. The van der Waals surface area contributed by atoms with Gasteiger partial charge in [-0.1, -0.05) is 73.7 Å². The van der Waals surface area contributed by atoms with Crippen molar-refractivity contribution in [3.05, 3.63) is 136 Å². The molecule has 8 heteroatoms. The van der Waals surface area contributed by atoms with Gasteiger partial charge in [0.1, 0.15) is 5.75 Å². The molecule has 8 nitrogen and oxygen atoms in total. The predicted octanol–water partition coefficient (Wildman–Crippen LogP) is 4.53. The second kappa shape index (κ2) is 17.3. The zero-order valence-electron chi connectivity index (χ0n) is 26.6.